The summed E-state index contributed by atoms with van der Waals surface area (Å²) in [5.74, 6) is 5.25. The minimum absolute atomic E-state index is 0.282. The van der Waals surface area contributed by atoms with Crippen LogP contribution in [-0.2, 0) is 9.59 Å². The number of rotatable bonds is 1. The van der Waals surface area contributed by atoms with E-state index < -0.39 is 0 Å². The monoisotopic (exact) mass is 332 g/mol. The normalized spacial score (nSPS) is 46.9. The molecule has 0 aromatic rings. The molecule has 0 spiro atoms. The smallest absolute Gasteiger partial charge is 0.133 e. The summed E-state index contributed by atoms with van der Waals surface area (Å²) in [7, 11) is 0. The van der Waals surface area contributed by atoms with Gasteiger partial charge in [-0.2, -0.15) is 0 Å². The van der Waals surface area contributed by atoms with Gasteiger partial charge in [0.15, 0.2) is 0 Å². The molecular weight excluding hydrogens is 296 g/mol. The molecule has 4 rings (SSSR count). The molecule has 2 heteroatoms. The quantitative estimate of drug-likeness (QED) is 0.641. The third kappa shape index (κ3) is 2.78. The standard InChI is InChI=1S/C20H30O2.C2H6/c1-12(21)18-7-8-19-17-5-3-13-11-14(22)4-6-15(13)16(17)9-10-20(18,19)2;1-2/h13,15-19H,3-11H2,1-2H3;1-2H3/t13?,15?,16?,17?,18-,19?,20-;/m1./s1. The van der Waals surface area contributed by atoms with E-state index in [2.05, 4.69) is 6.92 Å². The second kappa shape index (κ2) is 6.92. The number of ketones is 2. The van der Waals surface area contributed by atoms with E-state index >= 15 is 0 Å². The van der Waals surface area contributed by atoms with Gasteiger partial charge < -0.3 is 0 Å². The van der Waals surface area contributed by atoms with Crippen LogP contribution in [0.2, 0.25) is 0 Å². The van der Waals surface area contributed by atoms with E-state index in [0.717, 1.165) is 49.4 Å². The number of Topliss-reactive ketones (excluding diaryl/α,β-unsaturated/α-hetero) is 2. The van der Waals surface area contributed by atoms with Crippen LogP contribution in [-0.4, -0.2) is 11.6 Å². The van der Waals surface area contributed by atoms with Crippen LogP contribution in [0, 0.1) is 40.9 Å². The van der Waals surface area contributed by atoms with Gasteiger partial charge in [-0.05, 0) is 86.9 Å². The van der Waals surface area contributed by atoms with Crippen LogP contribution in [0.3, 0.4) is 0 Å². The highest BCUT2D eigenvalue weighted by Gasteiger charge is 2.57. The van der Waals surface area contributed by atoms with Crippen LogP contribution in [0.4, 0.5) is 0 Å². The summed E-state index contributed by atoms with van der Waals surface area (Å²) in [6.45, 7) is 8.23. The molecule has 4 aliphatic carbocycles. The van der Waals surface area contributed by atoms with E-state index in [1.165, 1.54) is 32.1 Å². The summed E-state index contributed by atoms with van der Waals surface area (Å²) in [4.78, 5) is 23.9. The first-order chi connectivity index (χ1) is 11.5. The Bertz CT molecular complexity index is 496. The second-order valence-electron chi connectivity index (χ2n) is 9.00. The van der Waals surface area contributed by atoms with Crippen molar-refractivity contribution < 1.29 is 9.59 Å². The highest BCUT2D eigenvalue weighted by atomic mass is 16.1. The zero-order valence-electron chi connectivity index (χ0n) is 16.1. The Morgan fingerprint density at radius 3 is 2.42 bits per heavy atom. The summed E-state index contributed by atoms with van der Waals surface area (Å²) in [6, 6.07) is 0. The van der Waals surface area contributed by atoms with Crippen molar-refractivity contribution in [1.29, 1.82) is 0 Å². The molecule has 0 heterocycles. The van der Waals surface area contributed by atoms with E-state index in [1.54, 1.807) is 0 Å². The van der Waals surface area contributed by atoms with Crippen LogP contribution in [0.15, 0.2) is 0 Å². The summed E-state index contributed by atoms with van der Waals surface area (Å²) < 4.78 is 0. The minimum atomic E-state index is 0.282. The molecule has 5 unspecified atom stereocenters. The lowest BCUT2D eigenvalue weighted by Crippen LogP contribution is -2.49. The van der Waals surface area contributed by atoms with Crippen molar-refractivity contribution in [2.45, 2.75) is 85.5 Å². The Kier molecular flexibility index (Phi) is 5.23. The Morgan fingerprint density at radius 1 is 0.958 bits per heavy atom. The molecule has 0 saturated heterocycles. The first kappa shape index (κ1) is 18.1. The molecule has 2 nitrogen and oxygen atoms in total. The van der Waals surface area contributed by atoms with Gasteiger partial charge in [-0.25, -0.2) is 0 Å². The number of hydrogen-bond donors (Lipinski definition) is 0. The summed E-state index contributed by atoms with van der Waals surface area (Å²) >= 11 is 0. The Labute approximate surface area is 148 Å². The molecule has 136 valence electrons. The van der Waals surface area contributed by atoms with E-state index in [4.69, 9.17) is 0 Å². The van der Waals surface area contributed by atoms with E-state index in [9.17, 15) is 9.59 Å². The number of carbonyl (C=O) groups excluding carboxylic acids is 2. The third-order valence-corrected chi connectivity index (χ3v) is 8.26. The van der Waals surface area contributed by atoms with Crippen molar-refractivity contribution in [2.24, 2.45) is 40.9 Å². The fraction of sp³-hybridized carbons (Fsp3) is 0.909. The zero-order chi connectivity index (χ0) is 17.5. The van der Waals surface area contributed by atoms with Crippen molar-refractivity contribution in [1.82, 2.24) is 0 Å². The first-order valence-electron chi connectivity index (χ1n) is 10.5. The van der Waals surface area contributed by atoms with Gasteiger partial charge in [0, 0.05) is 18.8 Å². The third-order valence-electron chi connectivity index (χ3n) is 8.26. The summed E-state index contributed by atoms with van der Waals surface area (Å²) in [6.07, 6.45) is 10.4. The molecule has 0 aromatic carbocycles. The lowest BCUT2D eigenvalue weighted by Gasteiger charge is -2.55. The molecule has 0 bridgehead atoms. The summed E-state index contributed by atoms with van der Waals surface area (Å²) in [5, 5.41) is 0. The molecule has 24 heavy (non-hydrogen) atoms. The van der Waals surface area contributed by atoms with Crippen molar-refractivity contribution in [3.8, 4) is 0 Å². The maximum Gasteiger partial charge on any atom is 0.133 e. The van der Waals surface area contributed by atoms with Gasteiger partial charge in [0.2, 0.25) is 0 Å². The number of hydrogen-bond acceptors (Lipinski definition) is 2. The van der Waals surface area contributed by atoms with Crippen LogP contribution in [0.5, 0.6) is 0 Å². The molecule has 0 radical (unpaired) electrons. The van der Waals surface area contributed by atoms with E-state index in [1.807, 2.05) is 20.8 Å². The van der Waals surface area contributed by atoms with Crippen LogP contribution >= 0.6 is 0 Å². The van der Waals surface area contributed by atoms with E-state index in [-0.39, 0.29) is 5.41 Å². The van der Waals surface area contributed by atoms with Crippen molar-refractivity contribution in [3.63, 3.8) is 0 Å². The Hall–Kier alpha value is -0.660. The molecular formula is C22H36O2. The van der Waals surface area contributed by atoms with Gasteiger partial charge in [0.25, 0.3) is 0 Å². The molecule has 4 aliphatic rings. The van der Waals surface area contributed by atoms with Crippen molar-refractivity contribution >= 4 is 11.6 Å². The number of fused-ring (bicyclic) bond motifs is 5. The van der Waals surface area contributed by atoms with Crippen LogP contribution < -0.4 is 0 Å². The largest absolute Gasteiger partial charge is 0.300 e. The van der Waals surface area contributed by atoms with Crippen LogP contribution in [0.25, 0.3) is 0 Å². The molecule has 0 N–H and O–H groups in total. The topological polar surface area (TPSA) is 34.1 Å². The zero-order valence-corrected chi connectivity index (χ0v) is 16.1. The average Bonchev–Trinajstić information content (AvgIpc) is 2.93. The van der Waals surface area contributed by atoms with Gasteiger partial charge in [0.05, 0.1) is 0 Å². The van der Waals surface area contributed by atoms with Gasteiger partial charge >= 0.3 is 0 Å². The number of carbonyl (C=O) groups is 2. The van der Waals surface area contributed by atoms with E-state index in [0.29, 0.717) is 23.4 Å². The lowest BCUT2D eigenvalue weighted by molar-refractivity contribution is -0.132. The fourth-order valence-electron chi connectivity index (χ4n) is 7.33. The maximum absolute atomic E-state index is 12.1. The Morgan fingerprint density at radius 2 is 1.71 bits per heavy atom. The molecule has 4 saturated carbocycles. The predicted octanol–water partition coefficient (Wildman–Crippen LogP) is 5.44. The van der Waals surface area contributed by atoms with Gasteiger partial charge in [-0.15, -0.1) is 0 Å². The fourth-order valence-corrected chi connectivity index (χ4v) is 7.33. The summed E-state index contributed by atoms with van der Waals surface area (Å²) in [5.41, 5.74) is 0.282. The Balaban J connectivity index is 0.000000815. The van der Waals surface area contributed by atoms with Crippen molar-refractivity contribution in [3.05, 3.63) is 0 Å². The highest BCUT2D eigenvalue weighted by Crippen LogP contribution is 2.64. The lowest BCUT2D eigenvalue weighted by atomic mass is 9.49. The average molecular weight is 333 g/mol. The van der Waals surface area contributed by atoms with Gasteiger partial charge in [0.1, 0.15) is 11.6 Å². The van der Waals surface area contributed by atoms with Crippen molar-refractivity contribution in [2.75, 3.05) is 0 Å². The molecule has 0 aliphatic heterocycles. The highest BCUT2D eigenvalue weighted by molar-refractivity contribution is 5.80. The van der Waals surface area contributed by atoms with Gasteiger partial charge in [-0.3, -0.25) is 9.59 Å². The van der Waals surface area contributed by atoms with Crippen LogP contribution in [0.1, 0.15) is 85.5 Å². The molecule has 4 fully saturated rings. The molecule has 0 aromatic heterocycles. The maximum atomic E-state index is 12.1. The second-order valence-corrected chi connectivity index (χ2v) is 9.00. The molecule has 0 amide bonds. The SMILES string of the molecule is CC.CC(=O)[C@H]1CCC2C3CCC4CC(=O)CCC4C3CC[C@@]21C. The predicted molar refractivity (Wildman–Crippen MR) is 97.6 cm³/mol. The first-order valence-corrected chi connectivity index (χ1v) is 10.5. The van der Waals surface area contributed by atoms with Gasteiger partial charge in [-0.1, -0.05) is 20.8 Å². The minimum Gasteiger partial charge on any atom is -0.300 e. The molecule has 7 atom stereocenters.